The maximum Gasteiger partial charge on any atom is 0.302 e. The Kier molecular flexibility index (Phi) is 10.5. The van der Waals surface area contributed by atoms with Crippen LogP contribution in [0, 0.1) is 11.3 Å². The molecule has 1 heterocycles. The lowest BCUT2D eigenvalue weighted by molar-refractivity contribution is -0.165. The Balaban J connectivity index is 1.39. The Morgan fingerprint density at radius 3 is 2.52 bits per heavy atom. The van der Waals surface area contributed by atoms with E-state index in [1.807, 2.05) is 12.1 Å². The molecule has 5 rings (SSSR count). The van der Waals surface area contributed by atoms with E-state index >= 15 is 0 Å². The Labute approximate surface area is 261 Å². The van der Waals surface area contributed by atoms with E-state index in [-0.39, 0.29) is 53.2 Å². The minimum atomic E-state index is -0.459. The van der Waals surface area contributed by atoms with Crippen molar-refractivity contribution in [2.45, 2.75) is 128 Å². The van der Waals surface area contributed by atoms with Gasteiger partial charge in [-0.2, -0.15) is 0 Å². The molecule has 0 bridgehead atoms. The van der Waals surface area contributed by atoms with Crippen molar-refractivity contribution in [1.29, 1.82) is 0 Å². The Bertz CT molecular complexity index is 1270. The molecule has 44 heavy (non-hydrogen) atoms. The lowest BCUT2D eigenvalue weighted by Crippen LogP contribution is -2.39. The number of hydrogen-bond donors (Lipinski definition) is 3. The van der Waals surface area contributed by atoms with E-state index in [1.54, 1.807) is 25.3 Å². The fourth-order valence-corrected chi connectivity index (χ4v) is 7.90. The van der Waals surface area contributed by atoms with Gasteiger partial charge < -0.3 is 34.3 Å². The number of phenols is 3. The second-order valence-electron chi connectivity index (χ2n) is 13.4. The molecule has 8 nitrogen and oxygen atoms in total. The minimum Gasteiger partial charge on any atom is -0.504 e. The lowest BCUT2D eigenvalue weighted by Gasteiger charge is -2.39. The van der Waals surface area contributed by atoms with Gasteiger partial charge in [-0.05, 0) is 91.7 Å². The first kappa shape index (κ1) is 32.3. The van der Waals surface area contributed by atoms with Crippen LogP contribution in [0.4, 0.5) is 0 Å². The highest BCUT2D eigenvalue weighted by molar-refractivity contribution is 5.66. The predicted octanol–water partition coefficient (Wildman–Crippen LogP) is 7.89. The molecule has 8 heteroatoms. The number of aromatic hydroxyl groups is 3. The summed E-state index contributed by atoms with van der Waals surface area (Å²) >= 11 is 0. The molecule has 3 N–H and O–H groups in total. The molecule has 1 spiro atoms. The molecule has 3 fully saturated rings. The fourth-order valence-electron chi connectivity index (χ4n) is 7.90. The summed E-state index contributed by atoms with van der Waals surface area (Å²) in [7, 11) is 1.54. The molecule has 2 aliphatic carbocycles. The molecule has 0 unspecified atom stereocenters. The van der Waals surface area contributed by atoms with Crippen LogP contribution >= 0.6 is 0 Å². The number of carbonyl (C=O) groups excluding carboxylic acids is 1. The maximum atomic E-state index is 12.1. The molecule has 0 radical (unpaired) electrons. The van der Waals surface area contributed by atoms with E-state index in [9.17, 15) is 20.1 Å². The number of unbranched alkanes of at least 4 members (excludes halogenated alkanes) is 2. The zero-order chi connectivity index (χ0) is 31.3. The molecule has 0 amide bonds. The largest absolute Gasteiger partial charge is 0.504 e. The molecule has 3 aliphatic rings. The van der Waals surface area contributed by atoms with Crippen LogP contribution in [0.2, 0.25) is 0 Å². The first-order valence-electron chi connectivity index (χ1n) is 16.6. The van der Waals surface area contributed by atoms with Crippen molar-refractivity contribution in [3.63, 3.8) is 0 Å². The highest BCUT2D eigenvalue weighted by Gasteiger charge is 2.42. The summed E-state index contributed by atoms with van der Waals surface area (Å²) in [6.07, 6.45) is 13.0. The number of carbonyl (C=O) groups is 1. The van der Waals surface area contributed by atoms with Crippen molar-refractivity contribution in [3.8, 4) is 28.7 Å². The zero-order valence-corrected chi connectivity index (χ0v) is 26.6. The van der Waals surface area contributed by atoms with E-state index in [0.29, 0.717) is 36.0 Å². The van der Waals surface area contributed by atoms with Gasteiger partial charge in [-0.15, -0.1) is 0 Å². The molecule has 5 atom stereocenters. The van der Waals surface area contributed by atoms with Crippen LogP contribution in [-0.4, -0.2) is 46.7 Å². The van der Waals surface area contributed by atoms with Crippen molar-refractivity contribution < 1.29 is 39.1 Å². The first-order chi connectivity index (χ1) is 21.2. The first-order valence-corrected chi connectivity index (χ1v) is 16.6. The van der Waals surface area contributed by atoms with Crippen LogP contribution in [0.5, 0.6) is 28.7 Å². The van der Waals surface area contributed by atoms with Crippen LogP contribution in [0.25, 0.3) is 0 Å². The minimum absolute atomic E-state index is 0.00714. The predicted molar refractivity (Wildman–Crippen MR) is 167 cm³/mol. The van der Waals surface area contributed by atoms with Crippen molar-refractivity contribution >= 4 is 5.97 Å². The molecule has 2 aromatic carbocycles. The smallest absolute Gasteiger partial charge is 0.302 e. The highest BCUT2D eigenvalue weighted by Crippen LogP contribution is 2.52. The second-order valence-corrected chi connectivity index (χ2v) is 13.4. The van der Waals surface area contributed by atoms with Crippen LogP contribution in [0.15, 0.2) is 30.3 Å². The third-order valence-electron chi connectivity index (χ3n) is 10.2. The Morgan fingerprint density at radius 2 is 1.80 bits per heavy atom. The summed E-state index contributed by atoms with van der Waals surface area (Å²) in [5.41, 5.74) is 2.10. The number of methoxy groups -OCH3 is 1. The van der Waals surface area contributed by atoms with E-state index < -0.39 is 6.10 Å². The van der Waals surface area contributed by atoms with E-state index in [0.717, 1.165) is 50.5 Å². The third-order valence-corrected chi connectivity index (χ3v) is 10.2. The molecule has 1 saturated heterocycles. The fraction of sp³-hybridized carbons (Fsp3) is 0.639. The van der Waals surface area contributed by atoms with Gasteiger partial charge in [0.15, 0.2) is 23.0 Å². The van der Waals surface area contributed by atoms with Crippen LogP contribution < -0.4 is 9.47 Å². The van der Waals surface area contributed by atoms with Gasteiger partial charge >= 0.3 is 5.97 Å². The number of esters is 1. The summed E-state index contributed by atoms with van der Waals surface area (Å²) in [5, 5.41) is 31.7. The summed E-state index contributed by atoms with van der Waals surface area (Å²) in [6, 6.07) is 8.78. The zero-order valence-electron chi connectivity index (χ0n) is 26.6. The summed E-state index contributed by atoms with van der Waals surface area (Å²) in [5.74, 6) is 0.122. The van der Waals surface area contributed by atoms with Gasteiger partial charge in [0.05, 0.1) is 25.4 Å². The van der Waals surface area contributed by atoms with Crippen LogP contribution in [0.3, 0.4) is 0 Å². The number of phenolic OH excluding ortho intramolecular Hbond substituents is 3. The summed E-state index contributed by atoms with van der Waals surface area (Å²) < 4.78 is 24.3. The standard InChI is InChI=1S/C36H50O8/c1-4-5-6-9-25(16-24-10-11-29(38)33(17-24)41-3)31-20-28(42-23(2)37)21-32(44-31)26-18-30(39)35(40)34(19-26)43-27-12-15-36(22-27)13-7-8-14-36/h10-11,17-19,25,27-28,31-32,38-40H,4-9,12-16,20-22H2,1-3H3/t25-,27+,28-,31+,32+/m1/s1. The van der Waals surface area contributed by atoms with Gasteiger partial charge in [-0.1, -0.05) is 45.1 Å². The molecular formula is C36H50O8. The van der Waals surface area contributed by atoms with E-state index in [1.165, 1.54) is 32.6 Å². The van der Waals surface area contributed by atoms with Gasteiger partial charge in [0, 0.05) is 19.8 Å². The summed E-state index contributed by atoms with van der Waals surface area (Å²) in [4.78, 5) is 12.1. The molecule has 242 valence electrons. The molecule has 1 aliphatic heterocycles. The summed E-state index contributed by atoms with van der Waals surface area (Å²) in [6.45, 7) is 3.61. The number of benzene rings is 2. The average Bonchev–Trinajstić information content (AvgIpc) is 3.63. The van der Waals surface area contributed by atoms with Crippen molar-refractivity contribution in [3.05, 3.63) is 41.5 Å². The normalized spacial score (nSPS) is 25.2. The molecule has 2 saturated carbocycles. The number of hydrogen-bond acceptors (Lipinski definition) is 8. The van der Waals surface area contributed by atoms with Gasteiger partial charge in [-0.3, -0.25) is 4.79 Å². The lowest BCUT2D eigenvalue weighted by atomic mass is 9.83. The number of ether oxygens (including phenoxy) is 4. The van der Waals surface area contributed by atoms with E-state index in [4.69, 9.17) is 18.9 Å². The van der Waals surface area contributed by atoms with Gasteiger partial charge in [0.2, 0.25) is 5.75 Å². The third kappa shape index (κ3) is 7.74. The van der Waals surface area contributed by atoms with Crippen molar-refractivity contribution in [2.75, 3.05) is 7.11 Å². The van der Waals surface area contributed by atoms with Crippen molar-refractivity contribution in [2.24, 2.45) is 11.3 Å². The van der Waals surface area contributed by atoms with Crippen molar-refractivity contribution in [1.82, 2.24) is 0 Å². The van der Waals surface area contributed by atoms with Gasteiger partial charge in [0.1, 0.15) is 6.10 Å². The van der Waals surface area contributed by atoms with Gasteiger partial charge in [-0.25, -0.2) is 0 Å². The van der Waals surface area contributed by atoms with E-state index in [2.05, 4.69) is 6.92 Å². The monoisotopic (exact) mass is 610 g/mol. The highest BCUT2D eigenvalue weighted by atomic mass is 16.6. The SMILES string of the molecule is CCCCC[C@H](Cc1ccc(O)c(OC)c1)[C@@H]1C[C@@H](OC(C)=O)C[C@@H](c2cc(O)c(O)c(O[C@H]3CCC4(CCCC4)C3)c2)O1. The second kappa shape index (κ2) is 14.3. The quantitative estimate of drug-likeness (QED) is 0.126. The molecule has 0 aromatic heterocycles. The topological polar surface area (TPSA) is 115 Å². The molecule has 2 aromatic rings. The number of rotatable bonds is 12. The van der Waals surface area contributed by atoms with Crippen LogP contribution in [-0.2, 0) is 20.7 Å². The van der Waals surface area contributed by atoms with Crippen LogP contribution in [0.1, 0.15) is 115 Å². The Morgan fingerprint density at radius 1 is 1.00 bits per heavy atom. The maximum absolute atomic E-state index is 12.1. The Hall–Kier alpha value is -3.13. The average molecular weight is 611 g/mol. The van der Waals surface area contributed by atoms with Gasteiger partial charge in [0.25, 0.3) is 0 Å². The molecular weight excluding hydrogens is 560 g/mol.